The first-order valence-electron chi connectivity index (χ1n) is 8.98. The molecule has 6 nitrogen and oxygen atoms in total. The fraction of sp³-hybridized carbons (Fsp3) is 0.286. The molecule has 3 rings (SSSR count). The Labute approximate surface area is 157 Å². The normalized spacial score (nSPS) is 12.1. The molecule has 0 radical (unpaired) electrons. The second-order valence-electron chi connectivity index (χ2n) is 6.53. The minimum Gasteiger partial charge on any atom is -0.337 e. The average Bonchev–Trinajstić information content (AvgIpc) is 2.71. The molecule has 1 atom stereocenters. The number of para-hydroxylation sites is 1. The Morgan fingerprint density at radius 3 is 2.30 bits per heavy atom. The molecule has 140 valence electrons. The fourth-order valence-corrected chi connectivity index (χ4v) is 3.22. The Balaban J connectivity index is 2.00. The molecule has 1 aromatic heterocycles. The predicted molar refractivity (Wildman–Crippen MR) is 106 cm³/mol. The number of rotatable bonds is 5. The number of hydrogen-bond acceptors (Lipinski definition) is 3. The summed E-state index contributed by atoms with van der Waals surface area (Å²) in [5, 5.41) is 0.436. The summed E-state index contributed by atoms with van der Waals surface area (Å²) in [5.74, 6) is -0.195. The summed E-state index contributed by atoms with van der Waals surface area (Å²) in [6.45, 7) is 3.83. The van der Waals surface area contributed by atoms with Gasteiger partial charge in [0.05, 0.1) is 16.9 Å². The van der Waals surface area contributed by atoms with Gasteiger partial charge in [0.15, 0.2) is 0 Å². The molecule has 6 heteroatoms. The second kappa shape index (κ2) is 7.61. The van der Waals surface area contributed by atoms with E-state index in [9.17, 15) is 14.4 Å². The van der Waals surface area contributed by atoms with Crippen LogP contribution in [0.2, 0.25) is 0 Å². The second-order valence-corrected chi connectivity index (χ2v) is 6.53. The van der Waals surface area contributed by atoms with Gasteiger partial charge in [0.1, 0.15) is 6.54 Å². The first-order chi connectivity index (χ1) is 13.0. The van der Waals surface area contributed by atoms with Crippen LogP contribution in [-0.2, 0) is 17.9 Å². The largest absolute Gasteiger partial charge is 0.337 e. The van der Waals surface area contributed by atoms with Gasteiger partial charge in [0.2, 0.25) is 5.91 Å². The number of likely N-dealkylation sites (N-methyl/N-ethyl adjacent to an activating group) is 1. The molecule has 0 fully saturated rings. The highest BCUT2D eigenvalue weighted by molar-refractivity contribution is 5.81. The van der Waals surface area contributed by atoms with Gasteiger partial charge in [0, 0.05) is 13.6 Å². The van der Waals surface area contributed by atoms with Crippen molar-refractivity contribution in [2.75, 3.05) is 7.05 Å². The van der Waals surface area contributed by atoms with Gasteiger partial charge in [-0.2, -0.15) is 0 Å². The third-order valence-corrected chi connectivity index (χ3v) is 5.00. The van der Waals surface area contributed by atoms with E-state index in [1.165, 1.54) is 4.57 Å². The van der Waals surface area contributed by atoms with Crippen LogP contribution in [0.25, 0.3) is 10.9 Å². The molecular weight excluding hydrogens is 342 g/mol. The molecule has 3 aromatic rings. The van der Waals surface area contributed by atoms with Crippen LogP contribution in [-0.4, -0.2) is 27.0 Å². The zero-order valence-electron chi connectivity index (χ0n) is 15.8. The van der Waals surface area contributed by atoms with Crippen LogP contribution in [0.3, 0.4) is 0 Å². The first-order valence-corrected chi connectivity index (χ1v) is 8.98. The Kier molecular flexibility index (Phi) is 5.26. The van der Waals surface area contributed by atoms with E-state index in [0.717, 1.165) is 10.1 Å². The summed E-state index contributed by atoms with van der Waals surface area (Å²) in [4.78, 5) is 39.8. The Bertz CT molecular complexity index is 1080. The van der Waals surface area contributed by atoms with Crippen LogP contribution < -0.4 is 11.2 Å². The standard InChI is InChI=1S/C21H23N3O3/c1-4-23-20(26)17-12-8-9-13-18(17)24(21(23)27)14-19(25)22(3)15(2)16-10-6-5-7-11-16/h5-13,15H,4,14H2,1-3H3/t15-/m1/s1. The highest BCUT2D eigenvalue weighted by atomic mass is 16.2. The van der Waals surface area contributed by atoms with E-state index < -0.39 is 5.69 Å². The van der Waals surface area contributed by atoms with Gasteiger partial charge < -0.3 is 4.90 Å². The lowest BCUT2D eigenvalue weighted by Gasteiger charge is -2.26. The monoisotopic (exact) mass is 365 g/mol. The van der Waals surface area contributed by atoms with E-state index in [-0.39, 0.29) is 30.6 Å². The van der Waals surface area contributed by atoms with Gasteiger partial charge in [-0.05, 0) is 31.5 Å². The number of nitrogens with zero attached hydrogens (tertiary/aromatic N) is 3. The molecule has 0 saturated carbocycles. The maximum absolute atomic E-state index is 12.9. The molecule has 0 aliphatic rings. The molecule has 27 heavy (non-hydrogen) atoms. The van der Waals surface area contributed by atoms with Gasteiger partial charge in [-0.3, -0.25) is 18.7 Å². The van der Waals surface area contributed by atoms with Crippen molar-refractivity contribution in [1.82, 2.24) is 14.0 Å². The zero-order chi connectivity index (χ0) is 19.6. The highest BCUT2D eigenvalue weighted by Crippen LogP contribution is 2.18. The van der Waals surface area contributed by atoms with Crippen molar-refractivity contribution in [3.8, 4) is 0 Å². The van der Waals surface area contributed by atoms with Crippen molar-refractivity contribution in [3.05, 3.63) is 81.0 Å². The van der Waals surface area contributed by atoms with Crippen molar-refractivity contribution in [3.63, 3.8) is 0 Å². The fourth-order valence-electron chi connectivity index (χ4n) is 3.22. The molecule has 0 aliphatic heterocycles. The average molecular weight is 365 g/mol. The molecule has 1 heterocycles. The summed E-state index contributed by atoms with van der Waals surface area (Å²) in [7, 11) is 1.73. The summed E-state index contributed by atoms with van der Waals surface area (Å²) in [6.07, 6.45) is 0. The third-order valence-electron chi connectivity index (χ3n) is 5.00. The van der Waals surface area contributed by atoms with E-state index in [4.69, 9.17) is 0 Å². The van der Waals surface area contributed by atoms with Crippen LogP contribution in [0, 0.1) is 0 Å². The van der Waals surface area contributed by atoms with Crippen LogP contribution in [0.4, 0.5) is 0 Å². The molecular formula is C21H23N3O3. The van der Waals surface area contributed by atoms with E-state index >= 15 is 0 Å². The first kappa shape index (κ1) is 18.6. The number of fused-ring (bicyclic) bond motifs is 1. The lowest BCUT2D eigenvalue weighted by molar-refractivity contribution is -0.132. The number of amides is 1. The minimum atomic E-state index is -0.463. The minimum absolute atomic E-state index is 0.118. The topological polar surface area (TPSA) is 64.3 Å². The van der Waals surface area contributed by atoms with Crippen LogP contribution in [0.1, 0.15) is 25.5 Å². The Morgan fingerprint density at radius 1 is 1.00 bits per heavy atom. The highest BCUT2D eigenvalue weighted by Gasteiger charge is 2.20. The Morgan fingerprint density at radius 2 is 1.63 bits per heavy atom. The van der Waals surface area contributed by atoms with Gasteiger partial charge in [-0.15, -0.1) is 0 Å². The Hall–Kier alpha value is -3.15. The molecule has 1 amide bonds. The smallest absolute Gasteiger partial charge is 0.331 e. The summed E-state index contributed by atoms with van der Waals surface area (Å²) in [5.41, 5.74) is 0.707. The quantitative estimate of drug-likeness (QED) is 0.697. The van der Waals surface area contributed by atoms with Gasteiger partial charge >= 0.3 is 5.69 Å². The maximum atomic E-state index is 12.9. The van der Waals surface area contributed by atoms with Crippen LogP contribution in [0.15, 0.2) is 64.2 Å². The van der Waals surface area contributed by atoms with Gasteiger partial charge in [-0.1, -0.05) is 42.5 Å². The molecule has 0 N–H and O–H groups in total. The van der Waals surface area contributed by atoms with Crippen molar-refractivity contribution < 1.29 is 4.79 Å². The molecule has 0 spiro atoms. The lowest BCUT2D eigenvalue weighted by Crippen LogP contribution is -2.43. The van der Waals surface area contributed by atoms with Crippen LogP contribution in [0.5, 0.6) is 0 Å². The number of benzene rings is 2. The maximum Gasteiger partial charge on any atom is 0.331 e. The van der Waals surface area contributed by atoms with Crippen LogP contribution >= 0.6 is 0 Å². The van der Waals surface area contributed by atoms with E-state index in [1.807, 2.05) is 37.3 Å². The van der Waals surface area contributed by atoms with Crippen molar-refractivity contribution in [2.45, 2.75) is 33.0 Å². The number of hydrogen-bond donors (Lipinski definition) is 0. The predicted octanol–water partition coefficient (Wildman–Crippen LogP) is 2.40. The number of aromatic nitrogens is 2. The summed E-state index contributed by atoms with van der Waals surface area (Å²) < 4.78 is 2.55. The van der Waals surface area contributed by atoms with Gasteiger partial charge in [0.25, 0.3) is 5.56 Å². The zero-order valence-corrected chi connectivity index (χ0v) is 15.8. The molecule has 0 bridgehead atoms. The molecule has 0 unspecified atom stereocenters. The molecule has 2 aromatic carbocycles. The van der Waals surface area contributed by atoms with Crippen molar-refractivity contribution in [2.24, 2.45) is 0 Å². The number of carbonyl (C=O) groups is 1. The van der Waals surface area contributed by atoms with E-state index in [1.54, 1.807) is 43.1 Å². The summed E-state index contributed by atoms with van der Waals surface area (Å²) >= 11 is 0. The van der Waals surface area contributed by atoms with E-state index in [2.05, 4.69) is 0 Å². The molecule has 0 aliphatic carbocycles. The number of carbonyl (C=O) groups excluding carboxylic acids is 1. The van der Waals surface area contributed by atoms with Gasteiger partial charge in [-0.25, -0.2) is 4.79 Å². The van der Waals surface area contributed by atoms with Crippen molar-refractivity contribution in [1.29, 1.82) is 0 Å². The SMILES string of the molecule is CCn1c(=O)c2ccccc2n(CC(=O)N(C)[C@H](C)c2ccccc2)c1=O. The lowest BCUT2D eigenvalue weighted by atomic mass is 10.1. The van der Waals surface area contributed by atoms with E-state index in [0.29, 0.717) is 10.9 Å². The third kappa shape index (κ3) is 3.43. The van der Waals surface area contributed by atoms with Crippen molar-refractivity contribution >= 4 is 16.8 Å². The summed E-state index contributed by atoms with van der Waals surface area (Å²) in [6, 6.07) is 16.5. The molecule has 0 saturated heterocycles.